The number of phenols is 1. The average Bonchev–Trinajstić information content (AvgIpc) is 2.56. The monoisotopic (exact) mass is 313 g/mol. The van der Waals surface area contributed by atoms with Gasteiger partial charge in [-0.1, -0.05) is 23.8 Å². The Morgan fingerprint density at radius 1 is 1.13 bits per heavy atom. The molecule has 0 saturated carbocycles. The number of hydrogen-bond acceptors (Lipinski definition) is 3. The molecule has 23 heavy (non-hydrogen) atoms. The molecule has 0 radical (unpaired) electrons. The number of aromatic hydroxyl groups is 1. The number of methoxy groups -OCH3 is 1. The van der Waals surface area contributed by atoms with Crippen molar-refractivity contribution in [1.82, 2.24) is 0 Å². The summed E-state index contributed by atoms with van der Waals surface area (Å²) >= 11 is 0. The highest BCUT2D eigenvalue weighted by atomic mass is 16.5. The van der Waals surface area contributed by atoms with Gasteiger partial charge in [0, 0.05) is 5.56 Å². The summed E-state index contributed by atoms with van der Waals surface area (Å²) in [5, 5.41) is 10.00. The Kier molecular flexibility index (Phi) is 4.72. The molecule has 0 amide bonds. The van der Waals surface area contributed by atoms with Gasteiger partial charge in [0.1, 0.15) is 18.0 Å². The lowest BCUT2D eigenvalue weighted by Crippen LogP contribution is -3.13. The van der Waals surface area contributed by atoms with Gasteiger partial charge in [0.15, 0.2) is 0 Å². The number of ether oxygens (including phenoxy) is 1. The molecule has 2 N–H and O–H groups in total. The molecule has 1 heterocycles. The van der Waals surface area contributed by atoms with Gasteiger partial charge >= 0.3 is 0 Å². The molecule has 0 aromatic heterocycles. The van der Waals surface area contributed by atoms with Crippen LogP contribution in [0, 0.1) is 6.92 Å². The van der Waals surface area contributed by atoms with Gasteiger partial charge in [0.05, 0.1) is 39.0 Å². The number of hydrogen-bond donors (Lipinski definition) is 2. The third-order valence-corrected chi connectivity index (χ3v) is 4.57. The van der Waals surface area contributed by atoms with Crippen molar-refractivity contribution >= 4 is 5.69 Å². The Labute approximate surface area is 137 Å². The zero-order valence-corrected chi connectivity index (χ0v) is 13.9. The predicted octanol–water partition coefficient (Wildman–Crippen LogP) is 1.61. The highest BCUT2D eigenvalue weighted by molar-refractivity contribution is 5.57. The van der Waals surface area contributed by atoms with Crippen LogP contribution in [-0.2, 0) is 6.54 Å². The number of nitrogens with one attached hydrogen (secondary N) is 1. The quantitative estimate of drug-likeness (QED) is 0.900. The fourth-order valence-electron chi connectivity index (χ4n) is 3.29. The van der Waals surface area contributed by atoms with Crippen molar-refractivity contribution in [2.45, 2.75) is 13.5 Å². The van der Waals surface area contributed by atoms with Gasteiger partial charge < -0.3 is 19.6 Å². The van der Waals surface area contributed by atoms with E-state index in [-0.39, 0.29) is 0 Å². The fraction of sp³-hybridized carbons (Fsp3) is 0.368. The minimum atomic E-state index is 0.372. The average molecular weight is 313 g/mol. The van der Waals surface area contributed by atoms with Crippen LogP contribution in [0.4, 0.5) is 5.69 Å². The zero-order valence-electron chi connectivity index (χ0n) is 13.9. The van der Waals surface area contributed by atoms with E-state index in [0.717, 1.165) is 44.2 Å². The Morgan fingerprint density at radius 3 is 2.57 bits per heavy atom. The number of piperazine rings is 1. The summed E-state index contributed by atoms with van der Waals surface area (Å²) in [5.41, 5.74) is 3.49. The fourth-order valence-corrected chi connectivity index (χ4v) is 3.29. The first kappa shape index (κ1) is 15.7. The summed E-state index contributed by atoms with van der Waals surface area (Å²) in [4.78, 5) is 3.83. The van der Waals surface area contributed by atoms with Crippen LogP contribution in [0.15, 0.2) is 42.5 Å². The minimum absolute atomic E-state index is 0.372. The Bertz CT molecular complexity index is 664. The molecule has 0 atom stereocenters. The van der Waals surface area contributed by atoms with Crippen LogP contribution in [0.3, 0.4) is 0 Å². The Balaban J connectivity index is 1.64. The lowest BCUT2D eigenvalue weighted by Gasteiger charge is -2.34. The van der Waals surface area contributed by atoms with E-state index in [1.54, 1.807) is 18.1 Å². The van der Waals surface area contributed by atoms with Gasteiger partial charge in [-0.3, -0.25) is 0 Å². The third-order valence-electron chi connectivity index (χ3n) is 4.57. The molecule has 1 aliphatic rings. The van der Waals surface area contributed by atoms with Gasteiger partial charge in [-0.25, -0.2) is 0 Å². The van der Waals surface area contributed by atoms with Gasteiger partial charge in [-0.05, 0) is 31.2 Å². The van der Waals surface area contributed by atoms with Crippen molar-refractivity contribution in [3.8, 4) is 11.5 Å². The highest BCUT2D eigenvalue weighted by Gasteiger charge is 2.22. The number of nitrogens with zero attached hydrogens (tertiary/aromatic N) is 1. The van der Waals surface area contributed by atoms with Crippen LogP contribution in [-0.4, -0.2) is 38.4 Å². The lowest BCUT2D eigenvalue weighted by molar-refractivity contribution is -0.914. The van der Waals surface area contributed by atoms with E-state index in [9.17, 15) is 5.11 Å². The number of benzene rings is 2. The standard InChI is InChI=1S/C19H24N2O2/c1-15-7-8-19(23-2)16(13-15)14-20-9-11-21(12-10-20)17-5-3-4-6-18(17)22/h3-8,13,22H,9-12,14H2,1-2H3/p+1. The van der Waals surface area contributed by atoms with E-state index in [0.29, 0.717) is 5.75 Å². The molecule has 1 aliphatic heterocycles. The minimum Gasteiger partial charge on any atom is -0.506 e. The smallest absolute Gasteiger partial charge is 0.138 e. The van der Waals surface area contributed by atoms with Crippen LogP contribution in [0.1, 0.15) is 11.1 Å². The summed E-state index contributed by atoms with van der Waals surface area (Å²) < 4.78 is 5.49. The molecule has 0 unspecified atom stereocenters. The summed E-state index contributed by atoms with van der Waals surface area (Å²) in [6.45, 7) is 7.15. The molecule has 4 heteroatoms. The second-order valence-electron chi connectivity index (χ2n) is 6.22. The number of aryl methyl sites for hydroxylation is 1. The highest BCUT2D eigenvalue weighted by Crippen LogP contribution is 2.26. The molecule has 0 aliphatic carbocycles. The largest absolute Gasteiger partial charge is 0.506 e. The molecular weight excluding hydrogens is 288 g/mol. The first-order valence-corrected chi connectivity index (χ1v) is 8.17. The Morgan fingerprint density at radius 2 is 1.87 bits per heavy atom. The molecule has 2 aromatic rings. The molecule has 3 rings (SSSR count). The maximum absolute atomic E-state index is 10.00. The first-order valence-electron chi connectivity index (χ1n) is 8.17. The van der Waals surface area contributed by atoms with E-state index < -0.39 is 0 Å². The summed E-state index contributed by atoms with van der Waals surface area (Å²) in [5.74, 6) is 1.35. The van der Waals surface area contributed by atoms with Gasteiger partial charge in [0.2, 0.25) is 0 Å². The molecule has 1 fully saturated rings. The third kappa shape index (κ3) is 3.59. The van der Waals surface area contributed by atoms with Crippen molar-refractivity contribution in [1.29, 1.82) is 0 Å². The van der Waals surface area contributed by atoms with Gasteiger partial charge in [-0.15, -0.1) is 0 Å². The number of rotatable bonds is 4. The van der Waals surface area contributed by atoms with Crippen molar-refractivity contribution in [3.63, 3.8) is 0 Å². The molecule has 0 bridgehead atoms. The normalized spacial score (nSPS) is 15.7. The second kappa shape index (κ2) is 6.92. The topological polar surface area (TPSA) is 37.1 Å². The summed E-state index contributed by atoms with van der Waals surface area (Å²) in [6, 6.07) is 14.0. The van der Waals surface area contributed by atoms with Gasteiger partial charge in [0.25, 0.3) is 0 Å². The van der Waals surface area contributed by atoms with E-state index >= 15 is 0 Å². The van der Waals surface area contributed by atoms with E-state index in [4.69, 9.17) is 4.74 Å². The molecular formula is C19H25N2O2+. The maximum Gasteiger partial charge on any atom is 0.138 e. The molecule has 0 spiro atoms. The first-order chi connectivity index (χ1) is 11.2. The van der Waals surface area contributed by atoms with Crippen LogP contribution >= 0.6 is 0 Å². The van der Waals surface area contributed by atoms with Crippen LogP contribution in [0.5, 0.6) is 11.5 Å². The van der Waals surface area contributed by atoms with E-state index in [2.05, 4.69) is 30.0 Å². The van der Waals surface area contributed by atoms with E-state index in [1.165, 1.54) is 11.1 Å². The van der Waals surface area contributed by atoms with Crippen molar-refractivity contribution in [2.75, 3.05) is 38.2 Å². The van der Waals surface area contributed by atoms with Crippen LogP contribution in [0.2, 0.25) is 0 Å². The maximum atomic E-state index is 10.00. The van der Waals surface area contributed by atoms with Gasteiger partial charge in [-0.2, -0.15) is 0 Å². The number of anilines is 1. The molecule has 1 saturated heterocycles. The SMILES string of the molecule is COc1ccc(C)cc1C[NH+]1CCN(c2ccccc2O)CC1. The summed E-state index contributed by atoms with van der Waals surface area (Å²) in [6.07, 6.45) is 0. The van der Waals surface area contributed by atoms with Crippen molar-refractivity contribution in [3.05, 3.63) is 53.6 Å². The van der Waals surface area contributed by atoms with E-state index in [1.807, 2.05) is 18.2 Å². The second-order valence-corrected chi connectivity index (χ2v) is 6.22. The number of phenolic OH excluding ortho intramolecular Hbond substituents is 1. The molecule has 122 valence electrons. The molecule has 4 nitrogen and oxygen atoms in total. The number of para-hydroxylation sites is 2. The predicted molar refractivity (Wildman–Crippen MR) is 92.5 cm³/mol. The van der Waals surface area contributed by atoms with Crippen LogP contribution in [0.25, 0.3) is 0 Å². The summed E-state index contributed by atoms with van der Waals surface area (Å²) in [7, 11) is 1.74. The molecule has 2 aromatic carbocycles. The zero-order chi connectivity index (χ0) is 16.2. The lowest BCUT2D eigenvalue weighted by atomic mass is 10.1. The Hall–Kier alpha value is -2.20. The number of quaternary nitrogens is 1. The van der Waals surface area contributed by atoms with Crippen molar-refractivity contribution in [2.24, 2.45) is 0 Å². The van der Waals surface area contributed by atoms with Crippen molar-refractivity contribution < 1.29 is 14.7 Å². The van der Waals surface area contributed by atoms with Crippen LogP contribution < -0.4 is 14.5 Å².